The van der Waals surface area contributed by atoms with Gasteiger partial charge in [-0.25, -0.2) is 9.59 Å². The Bertz CT molecular complexity index is 241. The predicted molar refractivity (Wildman–Crippen MR) is 44.3 cm³/mol. The fraction of sp³-hybridized carbons (Fsp3) is 0.500. The molecular weight excluding hydrogens is 176 g/mol. The van der Waals surface area contributed by atoms with Crippen LogP contribution >= 0.6 is 0 Å². The Morgan fingerprint density at radius 1 is 1.08 bits per heavy atom. The van der Waals surface area contributed by atoms with Crippen LogP contribution in [0, 0.1) is 0 Å². The van der Waals surface area contributed by atoms with Crippen LogP contribution in [0.25, 0.3) is 0 Å². The van der Waals surface area contributed by atoms with Crippen LogP contribution in [-0.2, 0) is 9.59 Å². The van der Waals surface area contributed by atoms with Gasteiger partial charge in [-0.1, -0.05) is 6.92 Å². The van der Waals surface area contributed by atoms with Crippen molar-refractivity contribution in [2.75, 3.05) is 6.61 Å². The van der Waals surface area contributed by atoms with Gasteiger partial charge < -0.3 is 15.3 Å². The van der Waals surface area contributed by atoms with Gasteiger partial charge in [-0.2, -0.15) is 0 Å². The molecule has 0 fully saturated rings. The first-order chi connectivity index (χ1) is 6.04. The molecule has 0 aromatic carbocycles. The number of hydrogen-bond acceptors (Lipinski definition) is 3. The number of carbonyl (C=O) groups is 2. The van der Waals surface area contributed by atoms with Crippen molar-refractivity contribution in [3.8, 4) is 0 Å². The van der Waals surface area contributed by atoms with Crippen LogP contribution in [0.2, 0.25) is 0 Å². The highest BCUT2D eigenvalue weighted by atomic mass is 16.4. The van der Waals surface area contributed by atoms with Gasteiger partial charge in [0.15, 0.2) is 0 Å². The van der Waals surface area contributed by atoms with E-state index in [4.69, 9.17) is 15.3 Å². The number of aliphatic hydroxyl groups is 1. The molecule has 0 radical (unpaired) electrons. The van der Waals surface area contributed by atoms with E-state index in [0.29, 0.717) is 0 Å². The molecule has 0 aliphatic rings. The lowest BCUT2D eigenvalue weighted by Crippen LogP contribution is -2.12. The summed E-state index contributed by atoms with van der Waals surface area (Å²) in [5.74, 6) is -2.53. The lowest BCUT2D eigenvalue weighted by atomic mass is 10.0. The molecule has 0 rings (SSSR count). The van der Waals surface area contributed by atoms with Crippen molar-refractivity contribution >= 4 is 11.9 Å². The first kappa shape index (κ1) is 11.6. The number of rotatable bonds is 5. The summed E-state index contributed by atoms with van der Waals surface area (Å²) >= 11 is 0. The summed E-state index contributed by atoms with van der Waals surface area (Å²) < 4.78 is 0. The van der Waals surface area contributed by atoms with Crippen LogP contribution in [0.4, 0.5) is 0 Å². The molecule has 0 atom stereocenters. The van der Waals surface area contributed by atoms with Crippen molar-refractivity contribution in [2.45, 2.75) is 19.8 Å². The number of carboxylic acid groups (broad SMARTS) is 2. The highest BCUT2D eigenvalue weighted by Crippen LogP contribution is 2.12. The van der Waals surface area contributed by atoms with E-state index in [2.05, 4.69) is 0 Å². The highest BCUT2D eigenvalue weighted by molar-refractivity contribution is 5.98. The Labute approximate surface area is 75.3 Å². The fourth-order valence-corrected chi connectivity index (χ4v) is 0.992. The van der Waals surface area contributed by atoms with Crippen molar-refractivity contribution in [1.82, 2.24) is 0 Å². The monoisotopic (exact) mass is 188 g/mol. The van der Waals surface area contributed by atoms with Crippen LogP contribution in [0.3, 0.4) is 0 Å². The SMILES string of the molecule is CC/C(C(=O)O)=C(/CCO)C(=O)O. The van der Waals surface area contributed by atoms with Crippen LogP contribution in [0.5, 0.6) is 0 Å². The van der Waals surface area contributed by atoms with Gasteiger partial charge in [0.05, 0.1) is 0 Å². The number of aliphatic hydroxyl groups excluding tert-OH is 1. The van der Waals surface area contributed by atoms with Gasteiger partial charge >= 0.3 is 11.9 Å². The molecule has 0 unspecified atom stereocenters. The average molecular weight is 188 g/mol. The first-order valence-corrected chi connectivity index (χ1v) is 3.84. The third-order valence-corrected chi connectivity index (χ3v) is 1.60. The number of carboxylic acids is 2. The highest BCUT2D eigenvalue weighted by Gasteiger charge is 2.17. The van der Waals surface area contributed by atoms with Crippen LogP contribution in [0.15, 0.2) is 11.1 Å². The molecule has 13 heavy (non-hydrogen) atoms. The molecule has 0 bridgehead atoms. The van der Waals surface area contributed by atoms with E-state index in [-0.39, 0.29) is 30.6 Å². The quantitative estimate of drug-likeness (QED) is 0.537. The van der Waals surface area contributed by atoms with E-state index in [0.717, 1.165) is 0 Å². The lowest BCUT2D eigenvalue weighted by Gasteiger charge is -2.04. The van der Waals surface area contributed by atoms with Crippen molar-refractivity contribution in [2.24, 2.45) is 0 Å². The normalized spacial score (nSPS) is 12.2. The van der Waals surface area contributed by atoms with E-state index in [9.17, 15) is 9.59 Å². The summed E-state index contributed by atoms with van der Waals surface area (Å²) in [5.41, 5.74) is -0.376. The van der Waals surface area contributed by atoms with Crippen molar-refractivity contribution in [3.05, 3.63) is 11.1 Å². The molecule has 0 aliphatic carbocycles. The first-order valence-electron chi connectivity index (χ1n) is 3.84. The van der Waals surface area contributed by atoms with E-state index in [1.807, 2.05) is 0 Å². The molecule has 5 nitrogen and oxygen atoms in total. The summed E-state index contributed by atoms with van der Waals surface area (Å²) in [5, 5.41) is 25.8. The third kappa shape index (κ3) is 3.25. The van der Waals surface area contributed by atoms with Gasteiger partial charge in [-0.15, -0.1) is 0 Å². The lowest BCUT2D eigenvalue weighted by molar-refractivity contribution is -0.136. The zero-order valence-electron chi connectivity index (χ0n) is 7.28. The molecule has 0 aliphatic heterocycles. The second-order valence-electron chi connectivity index (χ2n) is 2.39. The molecule has 0 saturated carbocycles. The summed E-state index contributed by atoms with van der Waals surface area (Å²) in [6.45, 7) is 1.20. The van der Waals surface area contributed by atoms with Crippen LogP contribution in [-0.4, -0.2) is 33.9 Å². The largest absolute Gasteiger partial charge is 0.478 e. The van der Waals surface area contributed by atoms with Gasteiger partial charge in [0.2, 0.25) is 0 Å². The second-order valence-corrected chi connectivity index (χ2v) is 2.39. The average Bonchev–Trinajstić information content (AvgIpc) is 2.03. The van der Waals surface area contributed by atoms with E-state index < -0.39 is 11.9 Å². The zero-order chi connectivity index (χ0) is 10.4. The van der Waals surface area contributed by atoms with Gasteiger partial charge in [0.25, 0.3) is 0 Å². The maximum atomic E-state index is 10.6. The molecule has 0 spiro atoms. The van der Waals surface area contributed by atoms with Crippen LogP contribution < -0.4 is 0 Å². The molecule has 0 aromatic heterocycles. The maximum absolute atomic E-state index is 10.6. The Kier molecular flexibility index (Phi) is 4.76. The Hall–Kier alpha value is -1.36. The van der Waals surface area contributed by atoms with Gasteiger partial charge in [0.1, 0.15) is 0 Å². The third-order valence-electron chi connectivity index (χ3n) is 1.60. The smallest absolute Gasteiger partial charge is 0.332 e. The molecule has 0 heterocycles. The van der Waals surface area contributed by atoms with E-state index in [1.54, 1.807) is 6.92 Å². The fourth-order valence-electron chi connectivity index (χ4n) is 0.992. The van der Waals surface area contributed by atoms with E-state index in [1.165, 1.54) is 0 Å². The van der Waals surface area contributed by atoms with Gasteiger partial charge in [-0.3, -0.25) is 0 Å². The Balaban J connectivity index is 5.00. The number of hydrogen-bond donors (Lipinski definition) is 3. The summed E-state index contributed by atoms with van der Waals surface area (Å²) in [7, 11) is 0. The molecule has 0 saturated heterocycles. The van der Waals surface area contributed by atoms with E-state index >= 15 is 0 Å². The maximum Gasteiger partial charge on any atom is 0.332 e. The Morgan fingerprint density at radius 2 is 1.54 bits per heavy atom. The van der Waals surface area contributed by atoms with Crippen molar-refractivity contribution in [3.63, 3.8) is 0 Å². The predicted octanol–water partition coefficient (Wildman–Crippen LogP) is 0.245. The molecule has 3 N–H and O–H groups in total. The molecule has 0 amide bonds. The molecule has 0 aromatic rings. The topological polar surface area (TPSA) is 94.8 Å². The number of aliphatic carboxylic acids is 2. The summed E-state index contributed by atoms with van der Waals surface area (Å²) in [6.07, 6.45) is 0.00176. The van der Waals surface area contributed by atoms with Crippen molar-refractivity contribution in [1.29, 1.82) is 0 Å². The standard InChI is InChI=1S/C8H12O5/c1-2-5(7(10)11)6(3-4-9)8(12)13/h9H,2-4H2,1H3,(H,10,11)(H,12,13)/b6-5+. The molecule has 5 heteroatoms. The minimum atomic E-state index is -1.28. The summed E-state index contributed by atoms with van der Waals surface area (Å²) in [6, 6.07) is 0. The zero-order valence-corrected chi connectivity index (χ0v) is 7.28. The summed E-state index contributed by atoms with van der Waals surface area (Å²) in [4.78, 5) is 21.1. The van der Waals surface area contributed by atoms with Crippen LogP contribution in [0.1, 0.15) is 19.8 Å². The minimum Gasteiger partial charge on any atom is -0.478 e. The van der Waals surface area contributed by atoms with Crippen molar-refractivity contribution < 1.29 is 24.9 Å². The molecular formula is C8H12O5. The van der Waals surface area contributed by atoms with Gasteiger partial charge in [0, 0.05) is 24.2 Å². The minimum absolute atomic E-state index is 0.134. The molecule has 74 valence electrons. The Morgan fingerprint density at radius 3 is 1.77 bits per heavy atom. The van der Waals surface area contributed by atoms with Gasteiger partial charge in [-0.05, 0) is 6.42 Å². The second kappa shape index (κ2) is 5.31.